The minimum Gasteiger partial charge on any atom is -0.459 e. The highest BCUT2D eigenvalue weighted by molar-refractivity contribution is 5.93. The fourth-order valence-corrected chi connectivity index (χ4v) is 3.18. The van der Waals surface area contributed by atoms with Crippen LogP contribution >= 0.6 is 0 Å². The van der Waals surface area contributed by atoms with Crippen LogP contribution in [0.25, 0.3) is 11.0 Å². The molecule has 0 saturated carbocycles. The highest BCUT2D eigenvalue weighted by Crippen LogP contribution is 2.26. The van der Waals surface area contributed by atoms with Crippen LogP contribution in [0.3, 0.4) is 0 Å². The molecule has 0 radical (unpaired) electrons. The molecule has 0 aliphatic carbocycles. The molecule has 2 amide bonds. The molecule has 1 aromatic carbocycles. The third kappa shape index (κ3) is 3.88. The molecule has 140 valence electrons. The second-order valence-corrected chi connectivity index (χ2v) is 6.53. The summed E-state index contributed by atoms with van der Waals surface area (Å²) in [7, 11) is 1.75. The molecule has 0 unspecified atom stereocenters. The number of rotatable bonds is 4. The number of aromatic nitrogens is 1. The van der Waals surface area contributed by atoms with Gasteiger partial charge in [-0.05, 0) is 18.2 Å². The van der Waals surface area contributed by atoms with Gasteiger partial charge in [0.1, 0.15) is 11.3 Å². The highest BCUT2D eigenvalue weighted by atomic mass is 16.5. The standard InChI is InChI=1S/C20H22N4O3/c1-23(14-16-12-15-4-2-3-5-19(15)27-16)20(25)22-17-6-7-21-13-18(17)24-8-10-26-11-9-24/h2-7,12-13H,8-11,14H2,1H3,(H,21,22,25). The Bertz CT molecular complexity index is 901. The monoisotopic (exact) mass is 366 g/mol. The molecule has 1 aliphatic rings. The molecule has 1 saturated heterocycles. The maximum absolute atomic E-state index is 12.7. The summed E-state index contributed by atoms with van der Waals surface area (Å²) in [5.74, 6) is 0.747. The van der Waals surface area contributed by atoms with Crippen LogP contribution in [0.5, 0.6) is 0 Å². The smallest absolute Gasteiger partial charge is 0.322 e. The van der Waals surface area contributed by atoms with Gasteiger partial charge in [0.2, 0.25) is 0 Å². The van der Waals surface area contributed by atoms with E-state index in [1.807, 2.05) is 36.4 Å². The molecule has 7 nitrogen and oxygen atoms in total. The Kier molecular flexibility index (Phi) is 4.93. The molecular weight excluding hydrogens is 344 g/mol. The molecule has 4 rings (SSSR count). The van der Waals surface area contributed by atoms with Gasteiger partial charge in [0.25, 0.3) is 0 Å². The summed E-state index contributed by atoms with van der Waals surface area (Å²) in [5.41, 5.74) is 2.48. The Balaban J connectivity index is 1.45. The number of carbonyl (C=O) groups excluding carboxylic acids is 1. The zero-order chi connectivity index (χ0) is 18.6. The first-order valence-corrected chi connectivity index (χ1v) is 8.97. The van der Waals surface area contributed by atoms with Crippen molar-refractivity contribution in [3.63, 3.8) is 0 Å². The zero-order valence-electron chi connectivity index (χ0n) is 15.2. The minimum atomic E-state index is -0.198. The van der Waals surface area contributed by atoms with E-state index in [9.17, 15) is 4.79 Å². The highest BCUT2D eigenvalue weighted by Gasteiger charge is 2.18. The number of hydrogen-bond acceptors (Lipinski definition) is 5. The van der Waals surface area contributed by atoms with Gasteiger partial charge in [-0.25, -0.2) is 4.79 Å². The summed E-state index contributed by atoms with van der Waals surface area (Å²) in [4.78, 5) is 20.6. The van der Waals surface area contributed by atoms with Gasteiger partial charge in [-0.3, -0.25) is 4.98 Å². The number of ether oxygens (including phenoxy) is 1. The topological polar surface area (TPSA) is 70.8 Å². The van der Waals surface area contributed by atoms with Crippen molar-refractivity contribution in [3.05, 3.63) is 54.6 Å². The first kappa shape index (κ1) is 17.4. The van der Waals surface area contributed by atoms with E-state index >= 15 is 0 Å². The van der Waals surface area contributed by atoms with E-state index in [-0.39, 0.29) is 6.03 Å². The van der Waals surface area contributed by atoms with Crippen LogP contribution in [0.2, 0.25) is 0 Å². The summed E-state index contributed by atoms with van der Waals surface area (Å²) in [6, 6.07) is 11.4. The summed E-state index contributed by atoms with van der Waals surface area (Å²) >= 11 is 0. The number of urea groups is 1. The number of nitrogens with one attached hydrogen (secondary N) is 1. The normalized spacial score (nSPS) is 14.3. The third-order valence-electron chi connectivity index (χ3n) is 4.61. The van der Waals surface area contributed by atoms with Gasteiger partial charge in [0, 0.05) is 31.7 Å². The predicted octanol–water partition coefficient (Wildman–Crippen LogP) is 3.33. The number of nitrogens with zero attached hydrogens (tertiary/aromatic N) is 3. The summed E-state index contributed by atoms with van der Waals surface area (Å²) in [6.07, 6.45) is 3.46. The zero-order valence-corrected chi connectivity index (χ0v) is 15.2. The van der Waals surface area contributed by atoms with Crippen molar-refractivity contribution >= 4 is 28.4 Å². The molecule has 0 spiro atoms. The number of amides is 2. The Labute approximate surface area is 157 Å². The third-order valence-corrected chi connectivity index (χ3v) is 4.61. The van der Waals surface area contributed by atoms with Crippen LogP contribution in [0.15, 0.2) is 53.2 Å². The average Bonchev–Trinajstić information content (AvgIpc) is 3.11. The number of hydrogen-bond donors (Lipinski definition) is 1. The van der Waals surface area contributed by atoms with Gasteiger partial charge < -0.3 is 24.3 Å². The molecule has 2 aromatic heterocycles. The van der Waals surface area contributed by atoms with E-state index in [1.54, 1.807) is 24.3 Å². The van der Waals surface area contributed by atoms with Crippen LogP contribution in [0.4, 0.5) is 16.2 Å². The van der Waals surface area contributed by atoms with Crippen molar-refractivity contribution in [2.45, 2.75) is 6.54 Å². The Morgan fingerprint density at radius 3 is 2.89 bits per heavy atom. The first-order chi connectivity index (χ1) is 13.2. The number of furan rings is 1. The predicted molar refractivity (Wildman–Crippen MR) is 104 cm³/mol. The molecule has 0 atom stereocenters. The lowest BCUT2D eigenvalue weighted by Gasteiger charge is -2.30. The lowest BCUT2D eigenvalue weighted by atomic mass is 10.2. The van der Waals surface area contributed by atoms with Gasteiger partial charge in [-0.1, -0.05) is 18.2 Å². The summed E-state index contributed by atoms with van der Waals surface area (Å²) < 4.78 is 11.2. The van der Waals surface area contributed by atoms with Crippen LogP contribution in [0.1, 0.15) is 5.76 Å². The molecule has 1 fully saturated rings. The maximum Gasteiger partial charge on any atom is 0.322 e. The minimum absolute atomic E-state index is 0.198. The molecule has 7 heteroatoms. The van der Waals surface area contributed by atoms with Gasteiger partial charge in [-0.2, -0.15) is 0 Å². The Morgan fingerprint density at radius 1 is 1.26 bits per heavy atom. The molecule has 3 heterocycles. The molecule has 0 bridgehead atoms. The van der Waals surface area contributed by atoms with E-state index in [0.29, 0.717) is 19.8 Å². The number of fused-ring (bicyclic) bond motifs is 1. The van der Waals surface area contributed by atoms with Crippen molar-refractivity contribution in [1.29, 1.82) is 0 Å². The molecule has 3 aromatic rings. The molecular formula is C20H22N4O3. The largest absolute Gasteiger partial charge is 0.459 e. The van der Waals surface area contributed by atoms with Gasteiger partial charge >= 0.3 is 6.03 Å². The summed E-state index contributed by atoms with van der Waals surface area (Å²) in [5, 5.41) is 4.02. The van der Waals surface area contributed by atoms with Crippen LogP contribution in [-0.2, 0) is 11.3 Å². The van der Waals surface area contributed by atoms with E-state index in [2.05, 4.69) is 15.2 Å². The quantitative estimate of drug-likeness (QED) is 0.767. The first-order valence-electron chi connectivity index (χ1n) is 8.97. The fraction of sp³-hybridized carbons (Fsp3) is 0.300. The van der Waals surface area contributed by atoms with Crippen LogP contribution < -0.4 is 10.2 Å². The number of pyridine rings is 1. The van der Waals surface area contributed by atoms with Crippen molar-refractivity contribution in [1.82, 2.24) is 9.88 Å². The van der Waals surface area contributed by atoms with Crippen LogP contribution in [0, 0.1) is 0 Å². The number of benzene rings is 1. The maximum atomic E-state index is 12.7. The molecule has 27 heavy (non-hydrogen) atoms. The van der Waals surface area contributed by atoms with Crippen molar-refractivity contribution in [2.75, 3.05) is 43.6 Å². The van der Waals surface area contributed by atoms with E-state index < -0.39 is 0 Å². The summed E-state index contributed by atoms with van der Waals surface area (Å²) in [6.45, 7) is 3.30. The Morgan fingerprint density at radius 2 is 2.07 bits per heavy atom. The second kappa shape index (κ2) is 7.67. The lowest BCUT2D eigenvalue weighted by Crippen LogP contribution is -2.37. The van der Waals surface area contributed by atoms with Crippen molar-refractivity contribution in [3.8, 4) is 0 Å². The number of morpholine rings is 1. The van der Waals surface area contributed by atoms with Crippen molar-refractivity contribution in [2.24, 2.45) is 0 Å². The van der Waals surface area contributed by atoms with Crippen molar-refractivity contribution < 1.29 is 13.9 Å². The second-order valence-electron chi connectivity index (χ2n) is 6.53. The fourth-order valence-electron chi connectivity index (χ4n) is 3.18. The average molecular weight is 366 g/mol. The van der Waals surface area contributed by atoms with Gasteiger partial charge in [-0.15, -0.1) is 0 Å². The van der Waals surface area contributed by atoms with Crippen LogP contribution in [-0.4, -0.2) is 49.3 Å². The van der Waals surface area contributed by atoms with E-state index in [1.165, 1.54) is 0 Å². The van der Waals surface area contributed by atoms with E-state index in [0.717, 1.165) is 41.2 Å². The molecule has 1 N–H and O–H groups in total. The number of para-hydroxylation sites is 1. The van der Waals surface area contributed by atoms with E-state index in [4.69, 9.17) is 9.15 Å². The number of carbonyl (C=O) groups is 1. The lowest BCUT2D eigenvalue weighted by molar-refractivity contribution is 0.122. The SMILES string of the molecule is CN(Cc1cc2ccccc2o1)C(=O)Nc1ccncc1N1CCOCC1. The Hall–Kier alpha value is -3.06. The van der Waals surface area contributed by atoms with Gasteiger partial charge in [0.05, 0.1) is 37.3 Å². The molecule has 1 aliphatic heterocycles. The van der Waals surface area contributed by atoms with Gasteiger partial charge in [0.15, 0.2) is 0 Å². The number of anilines is 2.